The summed E-state index contributed by atoms with van der Waals surface area (Å²) >= 11 is 0. The maximum absolute atomic E-state index is 10.9. The second-order valence-corrected chi connectivity index (χ2v) is 4.38. The Morgan fingerprint density at radius 1 is 1.33 bits per heavy atom. The van der Waals surface area contributed by atoms with Crippen molar-refractivity contribution in [3.05, 3.63) is 4.95 Å². The van der Waals surface area contributed by atoms with Crippen LogP contribution < -0.4 is 4.89 Å². The Labute approximate surface area is 92.8 Å². The number of rotatable bonds is 5. The lowest BCUT2D eigenvalue weighted by molar-refractivity contribution is -0.198. The van der Waals surface area contributed by atoms with Crippen molar-refractivity contribution in [1.82, 2.24) is 5.01 Å². The van der Waals surface area contributed by atoms with E-state index in [1.807, 2.05) is 27.7 Å². The summed E-state index contributed by atoms with van der Waals surface area (Å²) in [7, 11) is -2.13. The van der Waals surface area contributed by atoms with Crippen molar-refractivity contribution < 1.29 is 13.9 Å². The molecule has 0 radical (unpaired) electrons. The molecule has 15 heavy (non-hydrogen) atoms. The van der Waals surface area contributed by atoms with Gasteiger partial charge in [0.05, 0.1) is 18.7 Å². The second kappa shape index (κ2) is 7.70. The molecule has 0 aromatic rings. The molecule has 0 spiro atoms. The van der Waals surface area contributed by atoms with E-state index in [4.69, 9.17) is 4.52 Å². The Kier molecular flexibility index (Phi) is 7.41. The molecule has 6 heteroatoms. The molecule has 0 aliphatic carbocycles. The van der Waals surface area contributed by atoms with Crippen LogP contribution in [-0.4, -0.2) is 23.7 Å². The lowest BCUT2D eigenvalue weighted by atomic mass is 10.3. The SMILES string of the molecule is CCOP([O-])OC#[N+]N(C(C)C)C(C)C. The summed E-state index contributed by atoms with van der Waals surface area (Å²) in [4.78, 5) is 14.9. The van der Waals surface area contributed by atoms with Crippen molar-refractivity contribution in [3.8, 4) is 6.26 Å². The van der Waals surface area contributed by atoms with Gasteiger partial charge in [-0.3, -0.25) is 0 Å². The lowest BCUT2D eigenvalue weighted by Gasteiger charge is -2.15. The standard InChI is InChI=1S/C9H19N2O3P/c1-6-13-15(12)14-7-10-11(8(2)3)9(4)5/h8-9H,6H2,1-5H3. The van der Waals surface area contributed by atoms with Gasteiger partial charge in [0.25, 0.3) is 0 Å². The summed E-state index contributed by atoms with van der Waals surface area (Å²) in [6.07, 6.45) is 2.27. The summed E-state index contributed by atoms with van der Waals surface area (Å²) < 4.78 is 9.33. The fourth-order valence-electron chi connectivity index (χ4n) is 1.06. The molecule has 0 aromatic heterocycles. The van der Waals surface area contributed by atoms with Gasteiger partial charge < -0.3 is 13.9 Å². The smallest absolute Gasteiger partial charge is 0.565 e. The van der Waals surface area contributed by atoms with Crippen molar-refractivity contribution >= 4 is 8.60 Å². The summed E-state index contributed by atoms with van der Waals surface area (Å²) in [5.41, 5.74) is 0. The molecule has 0 N–H and O–H groups in total. The number of hydrogen-bond donors (Lipinski definition) is 0. The van der Waals surface area contributed by atoms with Gasteiger partial charge in [-0.05, 0) is 34.6 Å². The Morgan fingerprint density at radius 3 is 2.27 bits per heavy atom. The van der Waals surface area contributed by atoms with E-state index in [0.717, 1.165) is 0 Å². The fraction of sp³-hybridized carbons (Fsp3) is 0.889. The van der Waals surface area contributed by atoms with E-state index < -0.39 is 8.60 Å². The lowest BCUT2D eigenvalue weighted by Crippen LogP contribution is -2.30. The maximum atomic E-state index is 10.9. The van der Waals surface area contributed by atoms with Crippen LogP contribution in [0.15, 0.2) is 0 Å². The molecule has 0 aliphatic rings. The Morgan fingerprint density at radius 2 is 1.87 bits per heavy atom. The van der Waals surface area contributed by atoms with E-state index >= 15 is 0 Å². The normalized spacial score (nSPS) is 12.3. The molecule has 5 nitrogen and oxygen atoms in total. The van der Waals surface area contributed by atoms with Crippen LogP contribution in [0.5, 0.6) is 0 Å². The van der Waals surface area contributed by atoms with Crippen molar-refractivity contribution in [2.24, 2.45) is 0 Å². The van der Waals surface area contributed by atoms with E-state index in [1.165, 1.54) is 0 Å². The van der Waals surface area contributed by atoms with E-state index in [1.54, 1.807) is 11.9 Å². The quantitative estimate of drug-likeness (QED) is 0.414. The Bertz CT molecular complexity index is 217. The zero-order valence-corrected chi connectivity index (χ0v) is 10.8. The van der Waals surface area contributed by atoms with Crippen molar-refractivity contribution in [3.63, 3.8) is 0 Å². The molecular formula is C9H19N2O3P. The van der Waals surface area contributed by atoms with E-state index in [-0.39, 0.29) is 12.1 Å². The van der Waals surface area contributed by atoms with Crippen LogP contribution in [0.4, 0.5) is 0 Å². The van der Waals surface area contributed by atoms with Gasteiger partial charge >= 0.3 is 6.26 Å². The minimum Gasteiger partial charge on any atom is -0.775 e. The topological polar surface area (TPSA) is 49.1 Å². The molecule has 1 unspecified atom stereocenters. The van der Waals surface area contributed by atoms with Crippen LogP contribution in [0.1, 0.15) is 34.6 Å². The summed E-state index contributed by atoms with van der Waals surface area (Å²) in [6.45, 7) is 10.1. The van der Waals surface area contributed by atoms with Crippen LogP contribution in [0.25, 0.3) is 4.95 Å². The molecule has 0 bridgehead atoms. The van der Waals surface area contributed by atoms with Gasteiger partial charge in [-0.1, -0.05) is 5.01 Å². The van der Waals surface area contributed by atoms with Crippen LogP contribution in [0.2, 0.25) is 0 Å². The first-order valence-electron chi connectivity index (χ1n) is 5.00. The number of hydrogen-bond acceptors (Lipinski definition) is 4. The van der Waals surface area contributed by atoms with E-state index in [2.05, 4.69) is 15.7 Å². The monoisotopic (exact) mass is 234 g/mol. The van der Waals surface area contributed by atoms with Crippen molar-refractivity contribution in [1.29, 1.82) is 0 Å². The summed E-state index contributed by atoms with van der Waals surface area (Å²) in [6, 6.07) is 0.483. The first-order valence-corrected chi connectivity index (χ1v) is 6.09. The predicted molar refractivity (Wildman–Crippen MR) is 59.0 cm³/mol. The average Bonchev–Trinajstić information content (AvgIpc) is 2.11. The molecule has 0 amide bonds. The molecule has 0 fully saturated rings. The maximum Gasteiger partial charge on any atom is 0.565 e. The zero-order chi connectivity index (χ0) is 11.8. The molecule has 88 valence electrons. The first kappa shape index (κ1) is 14.4. The highest BCUT2D eigenvalue weighted by atomic mass is 31.2. The first-order chi connectivity index (χ1) is 6.99. The highest BCUT2D eigenvalue weighted by Gasteiger charge is 2.20. The van der Waals surface area contributed by atoms with Crippen LogP contribution >= 0.6 is 8.60 Å². The van der Waals surface area contributed by atoms with Gasteiger partial charge in [-0.25, -0.2) is 0 Å². The Hall–Kier alpha value is -0.560. The molecule has 0 aliphatic heterocycles. The van der Waals surface area contributed by atoms with Gasteiger partial charge in [0.15, 0.2) is 8.60 Å². The van der Waals surface area contributed by atoms with Gasteiger partial charge in [0.1, 0.15) is 4.95 Å². The molecular weight excluding hydrogens is 215 g/mol. The Balaban J connectivity index is 4.11. The molecule has 0 rings (SSSR count). The molecule has 1 atom stereocenters. The third-order valence-electron chi connectivity index (χ3n) is 1.56. The van der Waals surface area contributed by atoms with E-state index in [0.29, 0.717) is 6.61 Å². The van der Waals surface area contributed by atoms with E-state index in [9.17, 15) is 4.89 Å². The zero-order valence-electron chi connectivity index (χ0n) is 9.93. The van der Waals surface area contributed by atoms with Crippen LogP contribution in [-0.2, 0) is 9.05 Å². The van der Waals surface area contributed by atoms with Crippen molar-refractivity contribution in [2.75, 3.05) is 6.61 Å². The largest absolute Gasteiger partial charge is 0.775 e. The average molecular weight is 234 g/mol. The highest BCUT2D eigenvalue weighted by Crippen LogP contribution is 2.26. The van der Waals surface area contributed by atoms with Crippen LogP contribution in [0, 0.1) is 6.26 Å². The summed E-state index contributed by atoms with van der Waals surface area (Å²) in [5.74, 6) is 0. The molecule has 0 saturated carbocycles. The molecule has 0 heterocycles. The third kappa shape index (κ3) is 6.51. The third-order valence-corrected chi connectivity index (χ3v) is 2.26. The minimum absolute atomic E-state index is 0.242. The fourth-order valence-corrected chi connectivity index (χ4v) is 1.42. The molecule has 0 aromatic carbocycles. The molecule has 0 saturated heterocycles. The minimum atomic E-state index is -2.13. The second-order valence-electron chi connectivity index (χ2n) is 3.49. The summed E-state index contributed by atoms with van der Waals surface area (Å²) in [5, 5.41) is 1.80. The van der Waals surface area contributed by atoms with Gasteiger partial charge in [0.2, 0.25) is 0 Å². The van der Waals surface area contributed by atoms with Crippen molar-refractivity contribution in [2.45, 2.75) is 46.7 Å². The van der Waals surface area contributed by atoms with Gasteiger partial charge in [0, 0.05) is 0 Å². The van der Waals surface area contributed by atoms with Crippen LogP contribution in [0.3, 0.4) is 0 Å². The highest BCUT2D eigenvalue weighted by molar-refractivity contribution is 7.39. The predicted octanol–water partition coefficient (Wildman–Crippen LogP) is 1.95. The van der Waals surface area contributed by atoms with Gasteiger partial charge in [-0.15, -0.1) is 0 Å². The van der Waals surface area contributed by atoms with Gasteiger partial charge in [-0.2, -0.15) is 0 Å². The number of nitrogens with zero attached hydrogens (tertiary/aromatic N) is 2.